The van der Waals surface area contributed by atoms with E-state index in [1.54, 1.807) is 0 Å². The van der Waals surface area contributed by atoms with Gasteiger partial charge in [-0.3, -0.25) is 9.59 Å². The van der Waals surface area contributed by atoms with E-state index >= 15 is 0 Å². The van der Waals surface area contributed by atoms with E-state index in [1.165, 1.54) is 6.92 Å². The van der Waals surface area contributed by atoms with E-state index in [9.17, 15) is 9.59 Å². The van der Waals surface area contributed by atoms with Crippen LogP contribution in [0.2, 0.25) is 0 Å². The maximum absolute atomic E-state index is 12.2. The Labute approximate surface area is 114 Å². The van der Waals surface area contributed by atoms with Crippen LogP contribution in [0, 0.1) is 19.8 Å². The highest BCUT2D eigenvalue weighted by molar-refractivity contribution is 5.97. The number of carbonyl (C=O) groups is 2. The molecule has 0 radical (unpaired) electrons. The summed E-state index contributed by atoms with van der Waals surface area (Å²) in [5.41, 5.74) is 2.96. The van der Waals surface area contributed by atoms with Crippen LogP contribution >= 0.6 is 0 Å². The second-order valence-corrected chi connectivity index (χ2v) is 5.16. The predicted molar refractivity (Wildman–Crippen MR) is 77.0 cm³/mol. The van der Waals surface area contributed by atoms with Gasteiger partial charge in [0.05, 0.1) is 0 Å². The first kappa shape index (κ1) is 15.2. The molecule has 0 saturated heterocycles. The minimum absolute atomic E-state index is 0.0361. The molecule has 1 aromatic rings. The summed E-state index contributed by atoms with van der Waals surface area (Å²) >= 11 is 0. The highest BCUT2D eigenvalue weighted by atomic mass is 16.2. The van der Waals surface area contributed by atoms with Crippen molar-refractivity contribution in [2.24, 2.45) is 5.92 Å². The lowest BCUT2D eigenvalue weighted by Gasteiger charge is -2.21. The van der Waals surface area contributed by atoms with Crippen LogP contribution < -0.4 is 10.6 Å². The number of hydrogen-bond acceptors (Lipinski definition) is 2. The van der Waals surface area contributed by atoms with Crippen molar-refractivity contribution in [3.05, 3.63) is 29.3 Å². The molecule has 0 spiro atoms. The molecule has 4 heteroatoms. The number of nitrogens with one attached hydrogen (secondary N) is 2. The summed E-state index contributed by atoms with van der Waals surface area (Å²) in [6, 6.07) is 5.25. The standard InChI is InChI=1S/C15H22N2O2/c1-9(2)14(16-12(5)18)15(19)17-13-8-6-7-10(3)11(13)4/h6-9,14H,1-5H3,(H,16,18)(H,17,19)/t14-/m0/s1. The Balaban J connectivity index is 2.87. The Kier molecular flexibility index (Phi) is 5.10. The zero-order valence-corrected chi connectivity index (χ0v) is 12.2. The van der Waals surface area contributed by atoms with Crippen LogP contribution in [0.5, 0.6) is 0 Å². The lowest BCUT2D eigenvalue weighted by atomic mass is 10.0. The minimum atomic E-state index is -0.516. The predicted octanol–water partition coefficient (Wildman–Crippen LogP) is 2.40. The summed E-state index contributed by atoms with van der Waals surface area (Å²) in [6.07, 6.45) is 0. The molecule has 0 aromatic heterocycles. The quantitative estimate of drug-likeness (QED) is 0.875. The molecule has 2 amide bonds. The van der Waals surface area contributed by atoms with Gasteiger partial charge in [-0.25, -0.2) is 0 Å². The van der Waals surface area contributed by atoms with E-state index in [0.717, 1.165) is 16.8 Å². The lowest BCUT2D eigenvalue weighted by Crippen LogP contribution is -2.46. The second kappa shape index (κ2) is 6.36. The first-order chi connectivity index (χ1) is 8.82. The van der Waals surface area contributed by atoms with Gasteiger partial charge < -0.3 is 10.6 Å². The van der Waals surface area contributed by atoms with Crippen molar-refractivity contribution >= 4 is 17.5 Å². The molecule has 19 heavy (non-hydrogen) atoms. The van der Waals surface area contributed by atoms with Gasteiger partial charge in [-0.15, -0.1) is 0 Å². The Morgan fingerprint density at radius 1 is 1.16 bits per heavy atom. The lowest BCUT2D eigenvalue weighted by molar-refractivity contribution is -0.126. The molecule has 0 fully saturated rings. The van der Waals surface area contributed by atoms with Crippen LogP contribution in [0.25, 0.3) is 0 Å². The van der Waals surface area contributed by atoms with E-state index in [4.69, 9.17) is 0 Å². The average Bonchev–Trinajstić information content (AvgIpc) is 2.31. The van der Waals surface area contributed by atoms with E-state index in [0.29, 0.717) is 0 Å². The normalized spacial score (nSPS) is 12.1. The average molecular weight is 262 g/mol. The second-order valence-electron chi connectivity index (χ2n) is 5.16. The van der Waals surface area contributed by atoms with Crippen molar-refractivity contribution in [3.63, 3.8) is 0 Å². The fraction of sp³-hybridized carbons (Fsp3) is 0.467. The number of benzene rings is 1. The third-order valence-electron chi connectivity index (χ3n) is 3.17. The number of rotatable bonds is 4. The highest BCUT2D eigenvalue weighted by Gasteiger charge is 2.23. The molecule has 0 unspecified atom stereocenters. The smallest absolute Gasteiger partial charge is 0.247 e. The monoisotopic (exact) mass is 262 g/mol. The van der Waals surface area contributed by atoms with Gasteiger partial charge in [-0.05, 0) is 37.0 Å². The molecule has 1 aromatic carbocycles. The van der Waals surface area contributed by atoms with Crippen molar-refractivity contribution in [1.82, 2.24) is 5.32 Å². The highest BCUT2D eigenvalue weighted by Crippen LogP contribution is 2.18. The van der Waals surface area contributed by atoms with Crippen LogP contribution in [0.4, 0.5) is 5.69 Å². The Morgan fingerprint density at radius 3 is 2.32 bits per heavy atom. The fourth-order valence-electron chi connectivity index (χ4n) is 1.85. The largest absolute Gasteiger partial charge is 0.344 e. The molecule has 1 rings (SSSR count). The molecule has 0 saturated carbocycles. The summed E-state index contributed by atoms with van der Waals surface area (Å²) in [5.74, 6) is -0.345. The summed E-state index contributed by atoms with van der Waals surface area (Å²) in [7, 11) is 0. The van der Waals surface area contributed by atoms with Gasteiger partial charge in [0, 0.05) is 12.6 Å². The molecule has 2 N–H and O–H groups in total. The maximum Gasteiger partial charge on any atom is 0.247 e. The van der Waals surface area contributed by atoms with Crippen molar-refractivity contribution in [1.29, 1.82) is 0 Å². The number of carbonyl (C=O) groups excluding carboxylic acids is 2. The Bertz CT molecular complexity index is 481. The van der Waals surface area contributed by atoms with Crippen LogP contribution in [-0.2, 0) is 9.59 Å². The third kappa shape index (κ3) is 4.09. The summed E-state index contributed by atoms with van der Waals surface area (Å²) in [6.45, 7) is 9.19. The van der Waals surface area contributed by atoms with Gasteiger partial charge in [-0.2, -0.15) is 0 Å². The van der Waals surface area contributed by atoms with Crippen LogP contribution in [0.15, 0.2) is 18.2 Å². The molecule has 0 aliphatic carbocycles. The van der Waals surface area contributed by atoms with Gasteiger partial charge >= 0.3 is 0 Å². The van der Waals surface area contributed by atoms with Crippen molar-refractivity contribution in [2.45, 2.75) is 40.7 Å². The molecule has 0 aliphatic rings. The van der Waals surface area contributed by atoms with E-state index in [1.807, 2.05) is 45.9 Å². The van der Waals surface area contributed by atoms with Gasteiger partial charge in [0.15, 0.2) is 0 Å². The summed E-state index contributed by atoms with van der Waals surface area (Å²) in [5, 5.41) is 5.57. The number of aryl methyl sites for hydroxylation is 1. The molecule has 1 atom stereocenters. The first-order valence-electron chi connectivity index (χ1n) is 6.47. The van der Waals surface area contributed by atoms with Gasteiger partial charge in [0.1, 0.15) is 6.04 Å². The SMILES string of the molecule is CC(=O)N[C@H](C(=O)Nc1cccc(C)c1C)C(C)C. The van der Waals surface area contributed by atoms with E-state index < -0.39 is 6.04 Å². The van der Waals surface area contributed by atoms with E-state index in [2.05, 4.69) is 10.6 Å². The topological polar surface area (TPSA) is 58.2 Å². The van der Waals surface area contributed by atoms with Crippen LogP contribution in [0.1, 0.15) is 31.9 Å². The van der Waals surface area contributed by atoms with Crippen molar-refractivity contribution in [2.75, 3.05) is 5.32 Å². The number of amides is 2. The number of anilines is 1. The molecule has 0 bridgehead atoms. The third-order valence-corrected chi connectivity index (χ3v) is 3.17. The molecule has 104 valence electrons. The zero-order chi connectivity index (χ0) is 14.6. The van der Waals surface area contributed by atoms with Gasteiger partial charge in [0.25, 0.3) is 0 Å². The van der Waals surface area contributed by atoms with Crippen molar-refractivity contribution < 1.29 is 9.59 Å². The maximum atomic E-state index is 12.2. The van der Waals surface area contributed by atoms with Gasteiger partial charge in [-0.1, -0.05) is 26.0 Å². The van der Waals surface area contributed by atoms with Crippen LogP contribution in [0.3, 0.4) is 0 Å². The fourth-order valence-corrected chi connectivity index (χ4v) is 1.85. The summed E-state index contributed by atoms with van der Waals surface area (Å²) < 4.78 is 0. The molecule has 0 aliphatic heterocycles. The molecular weight excluding hydrogens is 240 g/mol. The first-order valence-corrected chi connectivity index (χ1v) is 6.47. The molecular formula is C15H22N2O2. The van der Waals surface area contributed by atoms with Crippen molar-refractivity contribution in [3.8, 4) is 0 Å². The molecule has 4 nitrogen and oxygen atoms in total. The minimum Gasteiger partial charge on any atom is -0.344 e. The Morgan fingerprint density at radius 2 is 1.79 bits per heavy atom. The molecule has 0 heterocycles. The Hall–Kier alpha value is -1.84. The van der Waals surface area contributed by atoms with Crippen LogP contribution in [-0.4, -0.2) is 17.9 Å². The number of hydrogen-bond donors (Lipinski definition) is 2. The zero-order valence-electron chi connectivity index (χ0n) is 12.2. The van der Waals surface area contributed by atoms with Gasteiger partial charge in [0.2, 0.25) is 11.8 Å². The summed E-state index contributed by atoms with van der Waals surface area (Å²) in [4.78, 5) is 23.4. The van der Waals surface area contributed by atoms with E-state index in [-0.39, 0.29) is 17.7 Å².